The van der Waals surface area contributed by atoms with Gasteiger partial charge in [-0.25, -0.2) is 4.79 Å². The Bertz CT molecular complexity index is 1640. The highest BCUT2D eigenvalue weighted by Crippen LogP contribution is 2.44. The molecule has 0 radical (unpaired) electrons. The van der Waals surface area contributed by atoms with Gasteiger partial charge in [0.15, 0.2) is 0 Å². The summed E-state index contributed by atoms with van der Waals surface area (Å²) in [7, 11) is 2.71. The molecule has 0 fully saturated rings. The average molecular weight is 650 g/mol. The summed E-state index contributed by atoms with van der Waals surface area (Å²) in [6.45, 7) is -0.651. The molecule has 3 amide bonds. The van der Waals surface area contributed by atoms with Crippen LogP contribution >= 0.6 is 0 Å². The van der Waals surface area contributed by atoms with Crippen LogP contribution in [-0.2, 0) is 31.7 Å². The Morgan fingerprint density at radius 2 is 1.53 bits per heavy atom. The largest absolute Gasteiger partial charge is 0.480 e. The number of rotatable bonds is 9. The fourth-order valence-corrected chi connectivity index (χ4v) is 6.14. The van der Waals surface area contributed by atoms with Crippen molar-refractivity contribution in [1.82, 2.24) is 14.7 Å². The molecule has 0 unspecified atom stereocenters. The third kappa shape index (κ3) is 7.16. The van der Waals surface area contributed by atoms with Gasteiger partial charge in [0, 0.05) is 33.0 Å². The lowest BCUT2D eigenvalue weighted by Crippen LogP contribution is -2.56. The second kappa shape index (κ2) is 13.7. The molecule has 0 saturated heterocycles. The predicted octanol–water partition coefficient (Wildman–Crippen LogP) is 5.20. The lowest BCUT2D eigenvalue weighted by atomic mass is 9.98. The highest BCUT2D eigenvalue weighted by Gasteiger charge is 2.39. The van der Waals surface area contributed by atoms with Crippen LogP contribution < -0.4 is 0 Å². The number of likely N-dealkylation sites (N-methyl/N-ethyl adjacent to an activating group) is 2. The van der Waals surface area contributed by atoms with Gasteiger partial charge in [-0.15, -0.1) is 0 Å². The second-order valence-corrected chi connectivity index (χ2v) is 11.6. The SMILES string of the molecule is CN(CC(=O)O)C(=O)[C@H](Cc1ccc(C(F)(F)F)cc1)N1CC=CC[C@H](N(C)C(=O)OCC2c3ccccc3-c3ccccc32)C1=O. The molecule has 3 aromatic carbocycles. The number of carboxylic acids is 1. The van der Waals surface area contributed by atoms with Crippen LogP contribution in [0.25, 0.3) is 11.1 Å². The molecule has 5 rings (SSSR count). The molecule has 0 bridgehead atoms. The molecule has 1 N–H and O–H groups in total. The summed E-state index contributed by atoms with van der Waals surface area (Å²) in [4.78, 5) is 55.8. The third-order valence-corrected chi connectivity index (χ3v) is 8.61. The molecule has 9 nitrogen and oxygen atoms in total. The van der Waals surface area contributed by atoms with E-state index >= 15 is 0 Å². The fourth-order valence-electron chi connectivity index (χ4n) is 6.14. The van der Waals surface area contributed by atoms with Crippen LogP contribution in [0.2, 0.25) is 0 Å². The highest BCUT2D eigenvalue weighted by atomic mass is 19.4. The predicted molar refractivity (Wildman–Crippen MR) is 166 cm³/mol. The maximum absolute atomic E-state index is 14.0. The van der Waals surface area contributed by atoms with Gasteiger partial charge in [-0.1, -0.05) is 72.8 Å². The number of halogens is 3. The molecule has 2 aliphatic rings. The molecular weight excluding hydrogens is 615 g/mol. The molecule has 0 aromatic heterocycles. The second-order valence-electron chi connectivity index (χ2n) is 11.6. The number of carbonyl (C=O) groups excluding carboxylic acids is 3. The first-order valence-corrected chi connectivity index (χ1v) is 15.0. The number of carbonyl (C=O) groups is 4. The Kier molecular flexibility index (Phi) is 9.69. The minimum Gasteiger partial charge on any atom is -0.480 e. The molecule has 12 heteroatoms. The Hall–Kier alpha value is -5.13. The smallest absolute Gasteiger partial charge is 0.416 e. The van der Waals surface area contributed by atoms with Gasteiger partial charge in [-0.3, -0.25) is 19.3 Å². The molecule has 1 aliphatic carbocycles. The maximum atomic E-state index is 14.0. The summed E-state index contributed by atoms with van der Waals surface area (Å²) in [6.07, 6.45) is -1.99. The van der Waals surface area contributed by atoms with Gasteiger partial charge in [0.1, 0.15) is 25.2 Å². The number of nitrogens with zero attached hydrogens (tertiary/aromatic N) is 3. The number of hydrogen-bond donors (Lipinski definition) is 1. The average Bonchev–Trinajstić information content (AvgIpc) is 3.23. The van der Waals surface area contributed by atoms with E-state index in [1.54, 1.807) is 12.2 Å². The summed E-state index contributed by atoms with van der Waals surface area (Å²) in [5.74, 6) is -2.76. The van der Waals surface area contributed by atoms with Gasteiger partial charge in [-0.2, -0.15) is 13.2 Å². The molecule has 246 valence electrons. The van der Waals surface area contributed by atoms with Crippen LogP contribution in [-0.4, -0.2) is 89.6 Å². The van der Waals surface area contributed by atoms with Gasteiger partial charge >= 0.3 is 18.2 Å². The molecule has 1 heterocycles. The number of ether oxygens (including phenoxy) is 1. The minimum atomic E-state index is -4.56. The van der Waals surface area contributed by atoms with Crippen molar-refractivity contribution in [3.05, 3.63) is 107 Å². The zero-order valence-electron chi connectivity index (χ0n) is 25.8. The van der Waals surface area contributed by atoms with Crippen LogP contribution in [0.15, 0.2) is 84.9 Å². The van der Waals surface area contributed by atoms with E-state index in [0.29, 0.717) is 5.56 Å². The zero-order chi connectivity index (χ0) is 33.9. The Morgan fingerprint density at radius 3 is 2.11 bits per heavy atom. The number of benzene rings is 3. The van der Waals surface area contributed by atoms with E-state index in [1.807, 2.05) is 48.5 Å². The molecule has 0 saturated carbocycles. The Labute approximate surface area is 269 Å². The van der Waals surface area contributed by atoms with Crippen molar-refractivity contribution < 1.29 is 42.2 Å². The van der Waals surface area contributed by atoms with E-state index in [1.165, 1.54) is 36.0 Å². The summed E-state index contributed by atoms with van der Waals surface area (Å²) < 4.78 is 45.3. The first-order chi connectivity index (χ1) is 22.4. The first-order valence-electron chi connectivity index (χ1n) is 15.0. The fraction of sp³-hybridized carbons (Fsp3) is 0.314. The molecule has 0 spiro atoms. The van der Waals surface area contributed by atoms with E-state index in [2.05, 4.69) is 0 Å². The highest BCUT2D eigenvalue weighted by molar-refractivity contribution is 5.93. The van der Waals surface area contributed by atoms with Crippen LogP contribution in [0.1, 0.15) is 34.6 Å². The number of alkyl halides is 3. The van der Waals surface area contributed by atoms with E-state index in [0.717, 1.165) is 39.3 Å². The normalized spacial score (nSPS) is 16.6. The number of aliphatic carboxylic acids is 1. The summed E-state index contributed by atoms with van der Waals surface area (Å²) in [6, 6.07) is 17.7. The van der Waals surface area contributed by atoms with Gasteiger partial charge in [0.05, 0.1) is 5.56 Å². The zero-order valence-corrected chi connectivity index (χ0v) is 25.8. The maximum Gasteiger partial charge on any atom is 0.416 e. The van der Waals surface area contributed by atoms with E-state index in [9.17, 15) is 37.5 Å². The van der Waals surface area contributed by atoms with Crippen molar-refractivity contribution in [2.24, 2.45) is 0 Å². The molecule has 47 heavy (non-hydrogen) atoms. The van der Waals surface area contributed by atoms with Crippen LogP contribution in [0, 0.1) is 0 Å². The van der Waals surface area contributed by atoms with Crippen LogP contribution in [0.5, 0.6) is 0 Å². The van der Waals surface area contributed by atoms with Crippen LogP contribution in [0.3, 0.4) is 0 Å². The van der Waals surface area contributed by atoms with E-state index in [-0.39, 0.29) is 31.9 Å². The van der Waals surface area contributed by atoms with E-state index < -0.39 is 54.2 Å². The number of hydrogen-bond acceptors (Lipinski definition) is 5. The number of amides is 3. The van der Waals surface area contributed by atoms with Gasteiger partial charge in [-0.05, 0) is 46.4 Å². The topological polar surface area (TPSA) is 107 Å². The monoisotopic (exact) mass is 649 g/mol. The molecule has 3 aromatic rings. The first kappa shape index (κ1) is 33.2. The van der Waals surface area contributed by atoms with Crippen molar-refractivity contribution in [3.8, 4) is 11.1 Å². The summed E-state index contributed by atoms with van der Waals surface area (Å²) in [5.41, 5.74) is 3.65. The lowest BCUT2D eigenvalue weighted by molar-refractivity contribution is -0.150. The molecule has 2 atom stereocenters. The Morgan fingerprint density at radius 1 is 0.936 bits per heavy atom. The molecular formula is C35H34F3N3O6. The number of carboxylic acid groups (broad SMARTS) is 1. The van der Waals surface area contributed by atoms with Crippen molar-refractivity contribution >= 4 is 23.9 Å². The van der Waals surface area contributed by atoms with E-state index in [4.69, 9.17) is 4.74 Å². The Balaban J connectivity index is 1.35. The van der Waals surface area contributed by atoms with Gasteiger partial charge in [0.2, 0.25) is 11.8 Å². The quantitative estimate of drug-likeness (QED) is 0.320. The van der Waals surface area contributed by atoms with Crippen molar-refractivity contribution in [1.29, 1.82) is 0 Å². The number of fused-ring (bicyclic) bond motifs is 3. The van der Waals surface area contributed by atoms with Crippen LogP contribution in [0.4, 0.5) is 18.0 Å². The van der Waals surface area contributed by atoms with Crippen molar-refractivity contribution in [2.45, 2.75) is 37.0 Å². The minimum absolute atomic E-state index is 0.0344. The summed E-state index contributed by atoms with van der Waals surface area (Å²) in [5, 5.41) is 9.28. The van der Waals surface area contributed by atoms with Crippen molar-refractivity contribution in [3.63, 3.8) is 0 Å². The lowest BCUT2D eigenvalue weighted by Gasteiger charge is -2.36. The summed E-state index contributed by atoms with van der Waals surface area (Å²) >= 11 is 0. The molecule has 1 aliphatic heterocycles. The van der Waals surface area contributed by atoms with Gasteiger partial charge < -0.3 is 19.6 Å². The third-order valence-electron chi connectivity index (χ3n) is 8.61. The van der Waals surface area contributed by atoms with Gasteiger partial charge in [0.25, 0.3) is 0 Å². The standard InChI is InChI=1S/C35H34F3N3O6/c1-39(20-31(42)43)32(44)30(19-22-14-16-23(17-15-22)35(36,37)38)41-18-8-7-13-29(33(41)45)40(2)34(46)47-21-28-26-11-5-3-9-24(26)25-10-4-6-12-27(25)28/h3-12,14-17,28-30H,13,18-21H2,1-2H3,(H,42,43)/t29-,30-/m0/s1. The van der Waals surface area contributed by atoms with Crippen molar-refractivity contribution in [2.75, 3.05) is 33.8 Å².